The quantitative estimate of drug-likeness (QED) is 0.574. The van der Waals surface area contributed by atoms with Crippen LogP contribution in [0.4, 0.5) is 0 Å². The molecule has 0 aliphatic carbocycles. The van der Waals surface area contributed by atoms with Gasteiger partial charge in [-0.25, -0.2) is 4.68 Å². The van der Waals surface area contributed by atoms with Crippen LogP contribution in [0.25, 0.3) is 0 Å². The van der Waals surface area contributed by atoms with Crippen LogP contribution in [0.5, 0.6) is 0 Å². The molecule has 158 valence electrons. The van der Waals surface area contributed by atoms with Crippen LogP contribution in [0, 0.1) is 5.92 Å². The lowest BCUT2D eigenvalue weighted by Crippen LogP contribution is -2.48. The van der Waals surface area contributed by atoms with Gasteiger partial charge in [-0.15, -0.1) is 5.10 Å². The van der Waals surface area contributed by atoms with Gasteiger partial charge in [0.25, 0.3) is 0 Å². The number of benzene rings is 2. The number of aromatic nitrogens is 4. The summed E-state index contributed by atoms with van der Waals surface area (Å²) in [5.74, 6) is 1.57. The molecule has 1 aliphatic rings. The van der Waals surface area contributed by atoms with Gasteiger partial charge < -0.3 is 0 Å². The van der Waals surface area contributed by atoms with Crippen LogP contribution < -0.4 is 0 Å². The zero-order valence-electron chi connectivity index (χ0n) is 18.1. The minimum absolute atomic E-state index is 0.252. The van der Waals surface area contributed by atoms with Gasteiger partial charge in [-0.3, -0.25) is 9.80 Å². The zero-order chi connectivity index (χ0) is 20.8. The first-order valence-corrected chi connectivity index (χ1v) is 11.0. The molecule has 0 amide bonds. The summed E-state index contributed by atoms with van der Waals surface area (Å²) >= 11 is 0. The summed E-state index contributed by atoms with van der Waals surface area (Å²) < 4.78 is 1.98. The average Bonchev–Trinajstić information content (AvgIpc) is 3.22. The molecule has 0 radical (unpaired) electrons. The Kier molecular flexibility index (Phi) is 6.87. The van der Waals surface area contributed by atoms with Crippen molar-refractivity contribution < 1.29 is 0 Å². The minimum atomic E-state index is 0.252. The molecule has 0 N–H and O–H groups in total. The molecule has 0 unspecified atom stereocenters. The normalized spacial score (nSPS) is 16.8. The lowest BCUT2D eigenvalue weighted by atomic mass is 10.0. The molecule has 30 heavy (non-hydrogen) atoms. The molecule has 0 spiro atoms. The lowest BCUT2D eigenvalue weighted by molar-refractivity contribution is 0.0770. The molecular formula is C24H32N6. The van der Waals surface area contributed by atoms with Gasteiger partial charge in [-0.2, -0.15) is 0 Å². The Morgan fingerprint density at radius 1 is 0.800 bits per heavy atom. The molecule has 6 nitrogen and oxygen atoms in total. The molecule has 1 atom stereocenters. The number of rotatable bonds is 8. The summed E-state index contributed by atoms with van der Waals surface area (Å²) in [5, 5.41) is 12.8. The van der Waals surface area contributed by atoms with E-state index < -0.39 is 0 Å². The molecule has 0 saturated carbocycles. The van der Waals surface area contributed by atoms with E-state index in [1.165, 1.54) is 11.1 Å². The Hall–Kier alpha value is -2.57. The van der Waals surface area contributed by atoms with Gasteiger partial charge >= 0.3 is 0 Å². The fraction of sp³-hybridized carbons (Fsp3) is 0.458. The van der Waals surface area contributed by atoms with E-state index in [1.54, 1.807) is 0 Å². The van der Waals surface area contributed by atoms with Gasteiger partial charge in [0.05, 0.1) is 12.6 Å². The van der Waals surface area contributed by atoms with Crippen molar-refractivity contribution in [2.45, 2.75) is 39.4 Å². The Labute approximate surface area is 179 Å². The molecule has 1 aliphatic heterocycles. The third kappa shape index (κ3) is 5.32. The smallest absolute Gasteiger partial charge is 0.168 e. The van der Waals surface area contributed by atoms with Gasteiger partial charge in [0, 0.05) is 32.7 Å². The number of nitrogens with zero attached hydrogens (tertiary/aromatic N) is 6. The van der Waals surface area contributed by atoms with Crippen molar-refractivity contribution in [2.75, 3.05) is 26.2 Å². The fourth-order valence-electron chi connectivity index (χ4n) is 4.26. The number of piperazine rings is 1. The van der Waals surface area contributed by atoms with Gasteiger partial charge in [0.15, 0.2) is 5.82 Å². The van der Waals surface area contributed by atoms with E-state index in [1.807, 2.05) is 10.7 Å². The third-order valence-electron chi connectivity index (χ3n) is 5.82. The highest BCUT2D eigenvalue weighted by atomic mass is 15.6. The standard InChI is InChI=1S/C24H32N6/c1-20(2)17-23(24-25-26-27-30(24)19-22-11-7-4-8-12-22)29-15-13-28(14-16-29)18-21-9-5-3-6-10-21/h3-12,20,23H,13-19H2,1-2H3/t23-/m1/s1. The molecule has 3 aromatic rings. The maximum Gasteiger partial charge on any atom is 0.168 e. The number of hydrogen-bond donors (Lipinski definition) is 0. The van der Waals surface area contributed by atoms with E-state index in [9.17, 15) is 0 Å². The number of hydrogen-bond acceptors (Lipinski definition) is 5. The van der Waals surface area contributed by atoms with Gasteiger partial charge in [0.1, 0.15) is 0 Å². The minimum Gasteiger partial charge on any atom is -0.297 e. The highest BCUT2D eigenvalue weighted by Gasteiger charge is 2.29. The summed E-state index contributed by atoms with van der Waals surface area (Å²) in [5.41, 5.74) is 2.61. The van der Waals surface area contributed by atoms with Crippen molar-refractivity contribution in [1.82, 2.24) is 30.0 Å². The van der Waals surface area contributed by atoms with Crippen LogP contribution in [0.1, 0.15) is 43.3 Å². The third-order valence-corrected chi connectivity index (χ3v) is 5.82. The van der Waals surface area contributed by atoms with E-state index in [0.717, 1.165) is 45.0 Å². The van der Waals surface area contributed by atoms with E-state index in [0.29, 0.717) is 12.5 Å². The van der Waals surface area contributed by atoms with Crippen LogP contribution in [-0.4, -0.2) is 56.2 Å². The fourth-order valence-corrected chi connectivity index (χ4v) is 4.26. The predicted molar refractivity (Wildman–Crippen MR) is 119 cm³/mol. The topological polar surface area (TPSA) is 50.1 Å². The molecule has 6 heteroatoms. The monoisotopic (exact) mass is 404 g/mol. The van der Waals surface area contributed by atoms with E-state index in [4.69, 9.17) is 0 Å². The van der Waals surface area contributed by atoms with Crippen molar-refractivity contribution in [3.63, 3.8) is 0 Å². The van der Waals surface area contributed by atoms with Crippen molar-refractivity contribution in [2.24, 2.45) is 5.92 Å². The van der Waals surface area contributed by atoms with Gasteiger partial charge in [-0.1, -0.05) is 74.5 Å². The second-order valence-electron chi connectivity index (χ2n) is 8.62. The summed E-state index contributed by atoms with van der Waals surface area (Å²) in [4.78, 5) is 5.12. The summed E-state index contributed by atoms with van der Waals surface area (Å²) in [6.07, 6.45) is 1.06. The van der Waals surface area contributed by atoms with E-state index in [2.05, 4.69) is 93.8 Å². The molecule has 2 aromatic carbocycles. The summed E-state index contributed by atoms with van der Waals surface area (Å²) in [6, 6.07) is 21.4. The molecule has 0 bridgehead atoms. The molecule has 4 rings (SSSR count). The van der Waals surface area contributed by atoms with Gasteiger partial charge in [-0.05, 0) is 33.9 Å². The molecule has 2 heterocycles. The Balaban J connectivity index is 1.44. The first-order valence-electron chi connectivity index (χ1n) is 11.0. The molecular weight excluding hydrogens is 372 g/mol. The second kappa shape index (κ2) is 9.96. The molecule has 1 saturated heterocycles. The first kappa shape index (κ1) is 20.7. The van der Waals surface area contributed by atoms with Crippen molar-refractivity contribution in [1.29, 1.82) is 0 Å². The Bertz CT molecular complexity index is 884. The van der Waals surface area contributed by atoms with Crippen LogP contribution >= 0.6 is 0 Å². The van der Waals surface area contributed by atoms with Gasteiger partial charge in [0.2, 0.25) is 0 Å². The second-order valence-corrected chi connectivity index (χ2v) is 8.62. The van der Waals surface area contributed by atoms with Crippen LogP contribution in [0.2, 0.25) is 0 Å². The highest BCUT2D eigenvalue weighted by Crippen LogP contribution is 2.28. The van der Waals surface area contributed by atoms with Crippen molar-refractivity contribution >= 4 is 0 Å². The first-order chi connectivity index (χ1) is 14.7. The largest absolute Gasteiger partial charge is 0.297 e. The van der Waals surface area contributed by atoms with Crippen LogP contribution in [0.15, 0.2) is 60.7 Å². The Morgan fingerprint density at radius 2 is 1.40 bits per heavy atom. The highest BCUT2D eigenvalue weighted by molar-refractivity contribution is 5.16. The van der Waals surface area contributed by atoms with E-state index >= 15 is 0 Å². The maximum absolute atomic E-state index is 4.47. The maximum atomic E-state index is 4.47. The SMILES string of the molecule is CC(C)C[C@H](c1nnnn1Cc1ccccc1)N1CCN(Cc2ccccc2)CC1. The van der Waals surface area contributed by atoms with Crippen LogP contribution in [0.3, 0.4) is 0 Å². The zero-order valence-corrected chi connectivity index (χ0v) is 18.1. The van der Waals surface area contributed by atoms with Crippen molar-refractivity contribution in [3.8, 4) is 0 Å². The summed E-state index contributed by atoms with van der Waals surface area (Å²) in [7, 11) is 0. The van der Waals surface area contributed by atoms with Crippen molar-refractivity contribution in [3.05, 3.63) is 77.6 Å². The lowest BCUT2D eigenvalue weighted by Gasteiger charge is -2.39. The molecule has 1 fully saturated rings. The van der Waals surface area contributed by atoms with Crippen LogP contribution in [-0.2, 0) is 13.1 Å². The molecule has 1 aromatic heterocycles. The summed E-state index contributed by atoms with van der Waals surface area (Å²) in [6.45, 7) is 10.5. The number of tetrazole rings is 1. The predicted octanol–water partition coefficient (Wildman–Crippen LogP) is 3.63. The van der Waals surface area contributed by atoms with E-state index in [-0.39, 0.29) is 6.04 Å². The average molecular weight is 405 g/mol. The Morgan fingerprint density at radius 3 is 2.00 bits per heavy atom.